The van der Waals surface area contributed by atoms with Crippen molar-refractivity contribution in [3.8, 4) is 0 Å². The van der Waals surface area contributed by atoms with Crippen LogP contribution in [-0.2, 0) is 10.1 Å². The van der Waals surface area contributed by atoms with Crippen molar-refractivity contribution in [3.05, 3.63) is 11.8 Å². The Morgan fingerprint density at radius 1 is 1.30 bits per heavy atom. The van der Waals surface area contributed by atoms with Crippen molar-refractivity contribution in [2.75, 3.05) is 40.0 Å². The van der Waals surface area contributed by atoms with E-state index < -0.39 is 10.1 Å². The zero-order valence-corrected chi connectivity index (χ0v) is 13.9. The van der Waals surface area contributed by atoms with E-state index in [0.717, 1.165) is 25.0 Å². The van der Waals surface area contributed by atoms with Crippen LogP contribution in [0.4, 0.5) is 0 Å². The Morgan fingerprint density at radius 3 is 2.45 bits per heavy atom. The molecule has 0 rings (SSSR count). The summed E-state index contributed by atoms with van der Waals surface area (Å²) in [5.41, 5.74) is 0.929. The van der Waals surface area contributed by atoms with Crippen LogP contribution in [0.25, 0.3) is 0 Å². The molecule has 0 aromatic heterocycles. The van der Waals surface area contributed by atoms with Gasteiger partial charge in [-0.3, -0.25) is 4.55 Å². The third kappa shape index (κ3) is 11.1. The molecule has 0 atom stereocenters. The zero-order chi connectivity index (χ0) is 15.6. The minimum absolute atomic E-state index is 0.196. The lowest BCUT2D eigenvalue weighted by atomic mass is 10.2. The lowest BCUT2D eigenvalue weighted by Gasteiger charge is -2.29. The Kier molecular flexibility index (Phi) is 8.84. The quantitative estimate of drug-likeness (QED) is 0.291. The van der Waals surface area contributed by atoms with E-state index in [4.69, 9.17) is 4.55 Å². The summed E-state index contributed by atoms with van der Waals surface area (Å²) in [7, 11) is 1.81. The van der Waals surface area contributed by atoms with Crippen molar-refractivity contribution in [3.63, 3.8) is 0 Å². The van der Waals surface area contributed by atoms with Crippen LogP contribution in [0.2, 0.25) is 0 Å². The van der Waals surface area contributed by atoms with E-state index in [0.29, 0.717) is 24.0 Å². The molecular formula is C13H28N3O3S+. The Hall–Kier alpha value is -0.790. The number of rotatable bonds is 10. The fourth-order valence-electron chi connectivity index (χ4n) is 1.93. The Morgan fingerprint density at radius 2 is 1.95 bits per heavy atom. The van der Waals surface area contributed by atoms with E-state index >= 15 is 0 Å². The monoisotopic (exact) mass is 306 g/mol. The second kappa shape index (κ2) is 9.20. The van der Waals surface area contributed by atoms with E-state index in [1.54, 1.807) is 7.05 Å². The molecule has 6 nitrogen and oxygen atoms in total. The fraction of sp³-hybridized carbons (Fsp3) is 0.846. The van der Waals surface area contributed by atoms with Crippen LogP contribution in [0, 0.1) is 0 Å². The minimum atomic E-state index is -3.87. The van der Waals surface area contributed by atoms with Gasteiger partial charge in [0, 0.05) is 13.5 Å². The predicted octanol–water partition coefficient (Wildman–Crippen LogP) is 2.50. The van der Waals surface area contributed by atoms with Gasteiger partial charge in [-0.2, -0.15) is 18.6 Å². The highest BCUT2D eigenvalue weighted by Gasteiger charge is 2.18. The number of azo groups is 1. The van der Waals surface area contributed by atoms with Gasteiger partial charge in [-0.15, -0.1) is 0 Å². The number of unbranched alkanes of at least 4 members (excludes halogenated alkanes) is 2. The lowest BCUT2D eigenvalue weighted by molar-refractivity contribution is -0.885. The molecule has 118 valence electrons. The SMILES string of the molecule is CCCCC=C(C[N+](C)(C)CCCS(=O)(=O)O)N=NC. The van der Waals surface area contributed by atoms with E-state index in [1.807, 2.05) is 14.1 Å². The van der Waals surface area contributed by atoms with Crippen molar-refractivity contribution < 1.29 is 17.5 Å². The molecule has 0 fully saturated rings. The van der Waals surface area contributed by atoms with Crippen LogP contribution >= 0.6 is 0 Å². The van der Waals surface area contributed by atoms with Crippen LogP contribution in [0.15, 0.2) is 22.0 Å². The number of likely N-dealkylation sites (N-methyl/N-ethyl adjacent to an activating group) is 1. The Bertz CT molecular complexity index is 428. The van der Waals surface area contributed by atoms with Crippen LogP contribution in [0.1, 0.15) is 32.6 Å². The number of quaternary nitrogens is 1. The van der Waals surface area contributed by atoms with Crippen LogP contribution < -0.4 is 0 Å². The topological polar surface area (TPSA) is 79.1 Å². The highest BCUT2D eigenvalue weighted by atomic mass is 32.2. The lowest BCUT2D eigenvalue weighted by Crippen LogP contribution is -2.42. The number of nitrogens with zero attached hydrogens (tertiary/aromatic N) is 3. The summed E-state index contributed by atoms with van der Waals surface area (Å²) < 4.78 is 30.8. The van der Waals surface area contributed by atoms with Gasteiger partial charge in [0.05, 0.1) is 26.4 Å². The average Bonchev–Trinajstić information content (AvgIpc) is 2.26. The van der Waals surface area contributed by atoms with E-state index in [-0.39, 0.29) is 5.75 Å². The predicted molar refractivity (Wildman–Crippen MR) is 81.3 cm³/mol. The summed E-state index contributed by atoms with van der Waals surface area (Å²) in [4.78, 5) is 0. The molecular weight excluding hydrogens is 278 g/mol. The van der Waals surface area contributed by atoms with Crippen molar-refractivity contribution >= 4 is 10.1 Å². The van der Waals surface area contributed by atoms with E-state index in [2.05, 4.69) is 23.2 Å². The summed E-state index contributed by atoms with van der Waals surface area (Å²) in [6.07, 6.45) is 5.77. The summed E-state index contributed by atoms with van der Waals surface area (Å²) >= 11 is 0. The fourth-order valence-corrected chi connectivity index (χ4v) is 2.42. The third-order valence-corrected chi connectivity index (χ3v) is 3.73. The van der Waals surface area contributed by atoms with Crippen molar-refractivity contribution in [2.24, 2.45) is 10.2 Å². The number of hydrogen-bond acceptors (Lipinski definition) is 4. The molecule has 0 aliphatic carbocycles. The van der Waals surface area contributed by atoms with Gasteiger partial charge < -0.3 is 4.48 Å². The van der Waals surface area contributed by atoms with Gasteiger partial charge in [0.25, 0.3) is 10.1 Å². The molecule has 0 saturated carbocycles. The molecule has 20 heavy (non-hydrogen) atoms. The molecule has 7 heteroatoms. The smallest absolute Gasteiger partial charge is 0.265 e. The first-order valence-corrected chi connectivity index (χ1v) is 8.57. The van der Waals surface area contributed by atoms with Gasteiger partial charge in [-0.25, -0.2) is 0 Å². The first kappa shape index (κ1) is 19.2. The minimum Gasteiger partial charge on any atom is -0.323 e. The number of hydrogen-bond donors (Lipinski definition) is 1. The molecule has 0 spiro atoms. The maximum Gasteiger partial charge on any atom is 0.265 e. The summed E-state index contributed by atoms with van der Waals surface area (Å²) in [5.74, 6) is -0.196. The molecule has 0 heterocycles. The Balaban J connectivity index is 4.47. The highest BCUT2D eigenvalue weighted by molar-refractivity contribution is 7.85. The second-order valence-electron chi connectivity index (χ2n) is 5.59. The van der Waals surface area contributed by atoms with Gasteiger partial charge in [-0.05, 0) is 6.42 Å². The number of allylic oxidation sites excluding steroid dienone is 1. The summed E-state index contributed by atoms with van der Waals surface area (Å²) in [6.45, 7) is 3.50. The van der Waals surface area contributed by atoms with E-state index in [1.165, 1.54) is 0 Å². The van der Waals surface area contributed by atoms with Crippen molar-refractivity contribution in [1.82, 2.24) is 0 Å². The molecule has 0 aromatic carbocycles. The summed E-state index contributed by atoms with van der Waals surface area (Å²) in [6, 6.07) is 0. The first-order valence-electron chi connectivity index (χ1n) is 6.96. The summed E-state index contributed by atoms with van der Waals surface area (Å²) in [5, 5.41) is 7.97. The maximum absolute atomic E-state index is 10.7. The van der Waals surface area contributed by atoms with Gasteiger partial charge in [-0.1, -0.05) is 25.8 Å². The van der Waals surface area contributed by atoms with Crippen molar-refractivity contribution in [2.45, 2.75) is 32.6 Å². The van der Waals surface area contributed by atoms with Crippen molar-refractivity contribution in [1.29, 1.82) is 0 Å². The van der Waals surface area contributed by atoms with Gasteiger partial charge in [0.15, 0.2) is 0 Å². The molecule has 0 aliphatic rings. The third-order valence-electron chi connectivity index (χ3n) is 2.92. The van der Waals surface area contributed by atoms with Crippen LogP contribution in [0.3, 0.4) is 0 Å². The standard InChI is InChI=1S/C13H27N3O3S/c1-5-6-7-9-13(15-14-2)12-16(3,4)10-8-11-20(17,18)19/h9H,5-8,10-12H2,1-4H3/p+1. The maximum atomic E-state index is 10.7. The molecule has 0 amide bonds. The second-order valence-corrected chi connectivity index (χ2v) is 7.17. The molecule has 0 saturated heterocycles. The molecule has 0 aromatic rings. The van der Waals surface area contributed by atoms with Crippen LogP contribution in [0.5, 0.6) is 0 Å². The molecule has 1 N–H and O–H groups in total. The molecule has 0 bridgehead atoms. The largest absolute Gasteiger partial charge is 0.323 e. The average molecular weight is 306 g/mol. The van der Waals surface area contributed by atoms with Gasteiger partial charge in [0.2, 0.25) is 0 Å². The molecule has 0 unspecified atom stereocenters. The van der Waals surface area contributed by atoms with Crippen LogP contribution in [-0.4, -0.2) is 57.4 Å². The van der Waals surface area contributed by atoms with Gasteiger partial charge >= 0.3 is 0 Å². The Labute approximate surface area is 122 Å². The van der Waals surface area contributed by atoms with Gasteiger partial charge in [0.1, 0.15) is 12.2 Å². The zero-order valence-electron chi connectivity index (χ0n) is 13.0. The molecule has 0 aliphatic heterocycles. The molecule has 0 radical (unpaired) electrons. The first-order chi connectivity index (χ1) is 9.20. The highest BCUT2D eigenvalue weighted by Crippen LogP contribution is 2.11. The van der Waals surface area contributed by atoms with E-state index in [9.17, 15) is 8.42 Å². The normalized spacial score (nSPS) is 14.2.